The van der Waals surface area contributed by atoms with E-state index in [9.17, 15) is 4.79 Å². The number of halogens is 2. The minimum atomic E-state index is 0.0435. The first kappa shape index (κ1) is 14.1. The Labute approximate surface area is 126 Å². The number of rotatable bonds is 2. The third kappa shape index (κ3) is 3.16. The maximum absolute atomic E-state index is 12.3. The summed E-state index contributed by atoms with van der Waals surface area (Å²) in [5, 5.41) is 3.96. The molecule has 1 aromatic carbocycles. The number of likely N-dealkylation sites (N-methyl/N-ethyl adjacent to an activating group) is 1. The zero-order valence-electron chi connectivity index (χ0n) is 10.2. The van der Waals surface area contributed by atoms with Crippen molar-refractivity contribution in [1.82, 2.24) is 10.2 Å². The highest BCUT2D eigenvalue weighted by Gasteiger charge is 2.23. The molecule has 1 unspecified atom stereocenters. The summed E-state index contributed by atoms with van der Waals surface area (Å²) in [6.07, 6.45) is 2.18. The first-order chi connectivity index (χ1) is 8.59. The number of hydrogen-bond acceptors (Lipinski definition) is 2. The van der Waals surface area contributed by atoms with Crippen molar-refractivity contribution >= 4 is 40.1 Å². The molecule has 1 N–H and O–H groups in total. The molecule has 0 spiro atoms. The van der Waals surface area contributed by atoms with Gasteiger partial charge < -0.3 is 10.2 Å². The van der Waals surface area contributed by atoms with Gasteiger partial charge in [0.25, 0.3) is 5.91 Å². The Morgan fingerprint density at radius 3 is 2.94 bits per heavy atom. The van der Waals surface area contributed by atoms with Crippen LogP contribution in [-0.2, 0) is 0 Å². The highest BCUT2D eigenvalue weighted by atomic mass is 127. The first-order valence-corrected chi connectivity index (χ1v) is 7.48. The molecule has 1 amide bonds. The van der Waals surface area contributed by atoms with E-state index in [1.807, 2.05) is 24.1 Å². The van der Waals surface area contributed by atoms with Gasteiger partial charge in [0, 0.05) is 28.8 Å². The summed E-state index contributed by atoms with van der Waals surface area (Å²) in [6, 6.07) is 5.74. The van der Waals surface area contributed by atoms with Crippen LogP contribution in [0, 0.1) is 3.57 Å². The highest BCUT2D eigenvalue weighted by Crippen LogP contribution is 2.21. The predicted octanol–water partition coefficient (Wildman–Crippen LogP) is 2.77. The molecule has 1 aromatic rings. The maximum atomic E-state index is 12.3. The topological polar surface area (TPSA) is 32.3 Å². The molecule has 1 fully saturated rings. The summed E-state index contributed by atoms with van der Waals surface area (Å²) in [5.41, 5.74) is 0.661. The Bertz CT molecular complexity index is 447. The molecule has 1 aliphatic rings. The van der Waals surface area contributed by atoms with Crippen LogP contribution in [-0.4, -0.2) is 37.0 Å². The number of amides is 1. The lowest BCUT2D eigenvalue weighted by Crippen LogP contribution is -2.46. The third-order valence-electron chi connectivity index (χ3n) is 3.31. The standard InChI is InChI=1S/C13H16ClIN2O/c1-17(10-3-2-6-16-8-10)13(18)9-4-5-12(15)11(14)7-9/h4-5,7,10,16H,2-3,6,8H2,1H3. The van der Waals surface area contributed by atoms with Crippen LogP contribution in [0.25, 0.3) is 0 Å². The van der Waals surface area contributed by atoms with Gasteiger partial charge in [-0.1, -0.05) is 11.6 Å². The van der Waals surface area contributed by atoms with Crippen molar-refractivity contribution in [2.24, 2.45) is 0 Å². The van der Waals surface area contributed by atoms with Crippen molar-refractivity contribution in [3.8, 4) is 0 Å². The predicted molar refractivity (Wildman–Crippen MR) is 82.2 cm³/mol. The monoisotopic (exact) mass is 378 g/mol. The molecule has 0 bridgehead atoms. The van der Waals surface area contributed by atoms with Crippen LogP contribution >= 0.6 is 34.2 Å². The molecule has 1 aliphatic heterocycles. The van der Waals surface area contributed by atoms with Gasteiger partial charge in [-0.2, -0.15) is 0 Å². The second-order valence-electron chi connectivity index (χ2n) is 4.55. The number of nitrogens with zero attached hydrogens (tertiary/aromatic N) is 1. The summed E-state index contributed by atoms with van der Waals surface area (Å²) in [7, 11) is 1.87. The van der Waals surface area contributed by atoms with E-state index in [1.54, 1.807) is 6.07 Å². The van der Waals surface area contributed by atoms with Crippen LogP contribution in [0.3, 0.4) is 0 Å². The molecule has 3 nitrogen and oxygen atoms in total. The van der Waals surface area contributed by atoms with E-state index in [4.69, 9.17) is 11.6 Å². The highest BCUT2D eigenvalue weighted by molar-refractivity contribution is 14.1. The Morgan fingerprint density at radius 1 is 1.56 bits per heavy atom. The van der Waals surface area contributed by atoms with Gasteiger partial charge in [0.1, 0.15) is 0 Å². The molecule has 1 atom stereocenters. The molecule has 98 valence electrons. The minimum absolute atomic E-state index is 0.0435. The Morgan fingerprint density at radius 2 is 2.33 bits per heavy atom. The van der Waals surface area contributed by atoms with E-state index in [-0.39, 0.29) is 11.9 Å². The Hall–Kier alpha value is -0.330. The molecule has 0 aromatic heterocycles. The Balaban J connectivity index is 2.11. The van der Waals surface area contributed by atoms with E-state index < -0.39 is 0 Å². The summed E-state index contributed by atoms with van der Waals surface area (Å²) in [4.78, 5) is 14.2. The second-order valence-corrected chi connectivity index (χ2v) is 6.11. The summed E-state index contributed by atoms with van der Waals surface area (Å²) >= 11 is 8.22. The Kier molecular flexibility index (Phi) is 4.86. The zero-order chi connectivity index (χ0) is 13.1. The summed E-state index contributed by atoms with van der Waals surface area (Å²) in [6.45, 7) is 1.92. The molecule has 0 radical (unpaired) electrons. The van der Waals surface area contributed by atoms with Gasteiger partial charge in [0.05, 0.1) is 5.02 Å². The van der Waals surface area contributed by atoms with Crippen LogP contribution in [0.2, 0.25) is 5.02 Å². The first-order valence-electron chi connectivity index (χ1n) is 6.02. The number of hydrogen-bond donors (Lipinski definition) is 1. The van der Waals surface area contributed by atoms with Gasteiger partial charge in [0.2, 0.25) is 0 Å². The van der Waals surface area contributed by atoms with E-state index in [0.29, 0.717) is 10.6 Å². The smallest absolute Gasteiger partial charge is 0.253 e. The molecule has 0 aliphatic carbocycles. The van der Waals surface area contributed by atoms with Crippen molar-refractivity contribution in [2.45, 2.75) is 18.9 Å². The minimum Gasteiger partial charge on any atom is -0.337 e. The van der Waals surface area contributed by atoms with Gasteiger partial charge in [-0.15, -0.1) is 0 Å². The van der Waals surface area contributed by atoms with Gasteiger partial charge in [-0.05, 0) is 60.2 Å². The van der Waals surface area contributed by atoms with Crippen LogP contribution in [0.15, 0.2) is 18.2 Å². The number of carbonyl (C=O) groups excluding carboxylic acids is 1. The number of carbonyl (C=O) groups is 1. The fraction of sp³-hybridized carbons (Fsp3) is 0.462. The van der Waals surface area contributed by atoms with Crippen LogP contribution in [0.1, 0.15) is 23.2 Å². The molecule has 1 saturated heterocycles. The van der Waals surface area contributed by atoms with Gasteiger partial charge >= 0.3 is 0 Å². The zero-order valence-corrected chi connectivity index (χ0v) is 13.2. The number of piperidine rings is 1. The average Bonchev–Trinajstić information content (AvgIpc) is 2.41. The molecule has 18 heavy (non-hydrogen) atoms. The number of nitrogens with one attached hydrogen (secondary N) is 1. The van der Waals surface area contributed by atoms with Gasteiger partial charge in [0.15, 0.2) is 0 Å². The van der Waals surface area contributed by atoms with Crippen LogP contribution in [0.4, 0.5) is 0 Å². The molecular weight excluding hydrogens is 363 g/mol. The van der Waals surface area contributed by atoms with Gasteiger partial charge in [-0.25, -0.2) is 0 Å². The fourth-order valence-electron chi connectivity index (χ4n) is 2.16. The van der Waals surface area contributed by atoms with Crippen LogP contribution in [0.5, 0.6) is 0 Å². The fourth-order valence-corrected chi connectivity index (χ4v) is 2.68. The van der Waals surface area contributed by atoms with E-state index in [0.717, 1.165) is 29.5 Å². The second kappa shape index (κ2) is 6.21. The molecule has 0 saturated carbocycles. The summed E-state index contributed by atoms with van der Waals surface area (Å²) in [5.74, 6) is 0.0435. The molecule has 1 heterocycles. The number of benzene rings is 1. The van der Waals surface area contributed by atoms with Crippen LogP contribution < -0.4 is 5.32 Å². The average molecular weight is 379 g/mol. The van der Waals surface area contributed by atoms with E-state index in [1.165, 1.54) is 0 Å². The SMILES string of the molecule is CN(C(=O)c1ccc(I)c(Cl)c1)C1CCCNC1. The van der Waals surface area contributed by atoms with E-state index in [2.05, 4.69) is 27.9 Å². The molecule has 2 rings (SSSR count). The lowest BCUT2D eigenvalue weighted by Gasteiger charge is -2.31. The van der Waals surface area contributed by atoms with Crippen molar-refractivity contribution in [2.75, 3.05) is 20.1 Å². The van der Waals surface area contributed by atoms with Crippen molar-refractivity contribution < 1.29 is 4.79 Å². The lowest BCUT2D eigenvalue weighted by atomic mass is 10.1. The van der Waals surface area contributed by atoms with Crippen molar-refractivity contribution in [1.29, 1.82) is 0 Å². The van der Waals surface area contributed by atoms with Gasteiger partial charge in [-0.3, -0.25) is 4.79 Å². The molecular formula is C13H16ClIN2O. The molecule has 5 heteroatoms. The lowest BCUT2D eigenvalue weighted by molar-refractivity contribution is 0.0708. The summed E-state index contributed by atoms with van der Waals surface area (Å²) < 4.78 is 0.966. The maximum Gasteiger partial charge on any atom is 0.253 e. The van der Waals surface area contributed by atoms with E-state index >= 15 is 0 Å². The normalized spacial score (nSPS) is 19.6. The van der Waals surface area contributed by atoms with Crippen molar-refractivity contribution in [3.05, 3.63) is 32.4 Å². The van der Waals surface area contributed by atoms with Crippen molar-refractivity contribution in [3.63, 3.8) is 0 Å². The third-order valence-corrected chi connectivity index (χ3v) is 4.88. The largest absolute Gasteiger partial charge is 0.337 e. The quantitative estimate of drug-likeness (QED) is 0.803.